The smallest absolute Gasteiger partial charge is 0.120 e. The van der Waals surface area contributed by atoms with Crippen LogP contribution in [0.5, 0.6) is 5.75 Å². The molecule has 0 spiro atoms. The molecule has 0 aliphatic carbocycles. The lowest BCUT2D eigenvalue weighted by molar-refractivity contribution is 0.334. The number of nitrogens with one attached hydrogen (secondary N) is 1. The van der Waals surface area contributed by atoms with Gasteiger partial charge in [0.15, 0.2) is 0 Å². The second-order valence-corrected chi connectivity index (χ2v) is 5.61. The minimum absolute atomic E-state index is 0.148. The van der Waals surface area contributed by atoms with Crippen molar-refractivity contribution < 1.29 is 4.74 Å². The maximum Gasteiger partial charge on any atom is 0.120 e. The highest BCUT2D eigenvalue weighted by Crippen LogP contribution is 2.25. The average Bonchev–Trinajstić information content (AvgIpc) is 2.71. The van der Waals surface area contributed by atoms with E-state index >= 15 is 0 Å². The molecule has 1 aromatic carbocycles. The molecular formula is C13H20B2N2O. The summed E-state index contributed by atoms with van der Waals surface area (Å²) in [6, 6.07) is 6.19. The Labute approximate surface area is 110 Å². The molecule has 1 aromatic heterocycles. The first-order chi connectivity index (χ1) is 8.44. The average molecular weight is 242 g/mol. The van der Waals surface area contributed by atoms with Crippen LogP contribution in [-0.2, 0) is 6.42 Å². The monoisotopic (exact) mass is 242 g/mol. The molecule has 1 heterocycles. The molecule has 0 amide bonds. The van der Waals surface area contributed by atoms with Crippen molar-refractivity contribution in [3.05, 3.63) is 30.0 Å². The van der Waals surface area contributed by atoms with E-state index in [4.69, 9.17) is 4.74 Å². The van der Waals surface area contributed by atoms with Crippen LogP contribution in [0, 0.1) is 0 Å². The molecular weight excluding hydrogens is 222 g/mol. The summed E-state index contributed by atoms with van der Waals surface area (Å²) in [5.74, 6) is 0.891. The Morgan fingerprint density at radius 1 is 1.33 bits per heavy atom. The Balaban J connectivity index is 2.35. The summed E-state index contributed by atoms with van der Waals surface area (Å²) in [6.45, 7) is 0. The van der Waals surface area contributed by atoms with Crippen LogP contribution in [-0.4, -0.2) is 52.1 Å². The maximum atomic E-state index is 5.24. The van der Waals surface area contributed by atoms with Gasteiger partial charge in [0.25, 0.3) is 0 Å². The zero-order valence-corrected chi connectivity index (χ0v) is 11.9. The summed E-state index contributed by atoms with van der Waals surface area (Å²) in [5.41, 5.74) is 2.49. The van der Waals surface area contributed by atoms with Crippen molar-refractivity contribution in [2.24, 2.45) is 0 Å². The molecule has 0 bridgehead atoms. The van der Waals surface area contributed by atoms with Gasteiger partial charge in [0.1, 0.15) is 21.4 Å². The lowest BCUT2D eigenvalue weighted by Gasteiger charge is -2.32. The molecule has 0 atom stereocenters. The first-order valence-corrected chi connectivity index (χ1v) is 6.25. The molecule has 0 radical (unpaired) electrons. The molecule has 0 fully saturated rings. The van der Waals surface area contributed by atoms with Gasteiger partial charge < -0.3 is 14.6 Å². The summed E-state index contributed by atoms with van der Waals surface area (Å²) >= 11 is 0. The molecule has 1 N–H and O–H groups in total. The number of benzene rings is 1. The van der Waals surface area contributed by atoms with Gasteiger partial charge in [0.05, 0.1) is 7.11 Å². The van der Waals surface area contributed by atoms with E-state index in [1.807, 2.05) is 12.1 Å². The lowest BCUT2D eigenvalue weighted by atomic mass is 9.58. The minimum atomic E-state index is 0.148. The number of nitrogens with zero attached hydrogens (tertiary/aromatic N) is 1. The Hall–Kier alpha value is -1.35. The number of hydrogen-bond acceptors (Lipinski definition) is 2. The molecule has 2 rings (SSSR count). The van der Waals surface area contributed by atoms with Crippen LogP contribution >= 0.6 is 0 Å². The second-order valence-electron chi connectivity index (χ2n) is 5.61. The van der Waals surface area contributed by atoms with Crippen molar-refractivity contribution in [2.75, 3.05) is 21.2 Å². The number of methoxy groups -OCH3 is 1. The van der Waals surface area contributed by atoms with Crippen LogP contribution in [0.4, 0.5) is 0 Å². The topological polar surface area (TPSA) is 28.3 Å². The second kappa shape index (κ2) is 4.73. The van der Waals surface area contributed by atoms with Gasteiger partial charge in [0.2, 0.25) is 0 Å². The summed E-state index contributed by atoms with van der Waals surface area (Å²) < 4.78 is 5.24. The van der Waals surface area contributed by atoms with Crippen molar-refractivity contribution in [1.29, 1.82) is 0 Å². The lowest BCUT2D eigenvalue weighted by Crippen LogP contribution is -2.47. The molecule has 94 valence electrons. The van der Waals surface area contributed by atoms with Crippen molar-refractivity contribution >= 4 is 26.6 Å². The molecule has 0 saturated carbocycles. The third-order valence-electron chi connectivity index (χ3n) is 3.81. The highest BCUT2D eigenvalue weighted by molar-refractivity contribution is 6.40. The van der Waals surface area contributed by atoms with E-state index in [1.165, 1.54) is 10.9 Å². The Bertz CT molecular complexity index is 549. The zero-order chi connectivity index (χ0) is 13.3. The zero-order valence-electron chi connectivity index (χ0n) is 11.9. The van der Waals surface area contributed by atoms with Crippen molar-refractivity contribution in [3.63, 3.8) is 0 Å². The quantitative estimate of drug-likeness (QED) is 0.775. The Morgan fingerprint density at radius 3 is 2.67 bits per heavy atom. The molecule has 0 saturated heterocycles. The molecule has 18 heavy (non-hydrogen) atoms. The number of likely N-dealkylation sites (N-methyl/N-ethyl adjacent to an activating group) is 1. The van der Waals surface area contributed by atoms with Crippen LogP contribution in [0.2, 0.25) is 0 Å². The first-order valence-electron chi connectivity index (χ1n) is 6.25. The molecule has 3 nitrogen and oxygen atoms in total. The van der Waals surface area contributed by atoms with E-state index in [0.717, 1.165) is 17.7 Å². The fourth-order valence-corrected chi connectivity index (χ4v) is 2.06. The van der Waals surface area contributed by atoms with Gasteiger partial charge in [-0.05, 0) is 43.5 Å². The molecule has 5 heteroatoms. The van der Waals surface area contributed by atoms with Crippen molar-refractivity contribution in [2.45, 2.75) is 11.8 Å². The van der Waals surface area contributed by atoms with E-state index < -0.39 is 0 Å². The van der Waals surface area contributed by atoms with Crippen LogP contribution in [0.1, 0.15) is 5.56 Å². The fraction of sp³-hybridized carbons (Fsp3) is 0.385. The standard InChI is InChI=1S/C13H20B2N2O/c1-17(2)13(14,15)7-9-8-16-12-6-10(18-3)4-5-11(9)12/h4-6,8,16H,7,14-15H2,1-3H3. The van der Waals surface area contributed by atoms with Gasteiger partial charge >= 0.3 is 0 Å². The van der Waals surface area contributed by atoms with Gasteiger partial charge in [-0.3, -0.25) is 0 Å². The molecule has 0 aliphatic rings. The number of rotatable bonds is 4. The third kappa shape index (κ3) is 2.41. The normalized spacial score (nSPS) is 12.2. The Kier molecular flexibility index (Phi) is 3.44. The number of H-pyrrole nitrogens is 1. The van der Waals surface area contributed by atoms with Crippen LogP contribution in [0.3, 0.4) is 0 Å². The van der Waals surface area contributed by atoms with E-state index in [1.54, 1.807) is 7.11 Å². The van der Waals surface area contributed by atoms with E-state index in [0.29, 0.717) is 0 Å². The van der Waals surface area contributed by atoms with Crippen LogP contribution in [0.25, 0.3) is 10.9 Å². The largest absolute Gasteiger partial charge is 0.497 e. The van der Waals surface area contributed by atoms with Crippen molar-refractivity contribution in [1.82, 2.24) is 9.88 Å². The van der Waals surface area contributed by atoms with E-state index in [2.05, 4.69) is 51.9 Å². The fourth-order valence-electron chi connectivity index (χ4n) is 2.06. The molecule has 2 aromatic rings. The predicted octanol–water partition coefficient (Wildman–Crippen LogP) is 0.201. The highest BCUT2D eigenvalue weighted by atomic mass is 16.5. The third-order valence-corrected chi connectivity index (χ3v) is 3.81. The number of ether oxygens (including phenoxy) is 1. The van der Waals surface area contributed by atoms with Gasteiger partial charge in [0, 0.05) is 23.2 Å². The highest BCUT2D eigenvalue weighted by Gasteiger charge is 2.22. The van der Waals surface area contributed by atoms with Gasteiger partial charge in [-0.1, -0.05) is 0 Å². The summed E-state index contributed by atoms with van der Waals surface area (Å²) in [7, 11) is 10.5. The van der Waals surface area contributed by atoms with Crippen LogP contribution < -0.4 is 4.74 Å². The molecule has 0 unspecified atom stereocenters. The number of aromatic amines is 1. The van der Waals surface area contributed by atoms with Crippen molar-refractivity contribution in [3.8, 4) is 5.75 Å². The minimum Gasteiger partial charge on any atom is -0.497 e. The van der Waals surface area contributed by atoms with Gasteiger partial charge in [-0.25, -0.2) is 0 Å². The number of fused-ring (bicyclic) bond motifs is 1. The summed E-state index contributed by atoms with van der Waals surface area (Å²) in [5, 5.41) is 1.43. The van der Waals surface area contributed by atoms with Gasteiger partial charge in [-0.2, -0.15) is 0 Å². The van der Waals surface area contributed by atoms with Gasteiger partial charge in [-0.15, -0.1) is 0 Å². The first kappa shape index (κ1) is 13.1. The Morgan fingerprint density at radius 2 is 2.06 bits per heavy atom. The maximum absolute atomic E-state index is 5.24. The number of hydrogen-bond donors (Lipinski definition) is 1. The molecule has 0 aliphatic heterocycles. The number of aromatic nitrogens is 1. The predicted molar refractivity (Wildman–Crippen MR) is 82.1 cm³/mol. The van der Waals surface area contributed by atoms with E-state index in [9.17, 15) is 0 Å². The van der Waals surface area contributed by atoms with E-state index in [-0.39, 0.29) is 5.34 Å². The summed E-state index contributed by atoms with van der Waals surface area (Å²) in [4.78, 5) is 5.59. The SMILES string of the molecule is BC(B)(Cc1c[nH]c2cc(OC)ccc12)N(C)C. The van der Waals surface area contributed by atoms with Crippen LogP contribution in [0.15, 0.2) is 24.4 Å². The summed E-state index contributed by atoms with van der Waals surface area (Å²) in [6.07, 6.45) is 3.13.